The van der Waals surface area contributed by atoms with E-state index in [-0.39, 0.29) is 34.2 Å². The first-order valence-corrected chi connectivity index (χ1v) is 11.3. The predicted octanol–water partition coefficient (Wildman–Crippen LogP) is 4.39. The van der Waals surface area contributed by atoms with Crippen molar-refractivity contribution in [3.05, 3.63) is 89.0 Å². The third-order valence-electron chi connectivity index (χ3n) is 5.28. The van der Waals surface area contributed by atoms with E-state index >= 15 is 0 Å². The van der Waals surface area contributed by atoms with Crippen LogP contribution in [-0.2, 0) is 16.6 Å². The van der Waals surface area contributed by atoms with Crippen molar-refractivity contribution in [2.75, 3.05) is 12.4 Å². The molecule has 0 spiro atoms. The maximum Gasteiger partial charge on any atom is 0.266 e. The zero-order valence-corrected chi connectivity index (χ0v) is 18.2. The lowest BCUT2D eigenvalue weighted by atomic mass is 9.91. The molecule has 2 N–H and O–H groups in total. The number of anilines is 1. The van der Waals surface area contributed by atoms with Gasteiger partial charge >= 0.3 is 0 Å². The molecule has 0 saturated carbocycles. The van der Waals surface area contributed by atoms with Crippen LogP contribution in [0.25, 0.3) is 0 Å². The van der Waals surface area contributed by atoms with E-state index in [1.54, 1.807) is 50.4 Å². The first kappa shape index (κ1) is 21.8. The second kappa shape index (κ2) is 8.58. The molecule has 0 aliphatic carbocycles. The lowest BCUT2D eigenvalue weighted by Crippen LogP contribution is -2.41. The molecule has 3 aromatic rings. The van der Waals surface area contributed by atoms with Crippen molar-refractivity contribution in [2.45, 2.75) is 24.3 Å². The van der Waals surface area contributed by atoms with Gasteiger partial charge < -0.3 is 10.1 Å². The highest BCUT2D eigenvalue weighted by molar-refractivity contribution is 7.90. The maximum absolute atomic E-state index is 14.9. The molecule has 0 bridgehead atoms. The Morgan fingerprint density at radius 3 is 2.56 bits per heavy atom. The van der Waals surface area contributed by atoms with Gasteiger partial charge in [-0.25, -0.2) is 26.9 Å². The maximum atomic E-state index is 14.9. The summed E-state index contributed by atoms with van der Waals surface area (Å²) in [4.78, 5) is 4.18. The standard InChI is InChI=1S/C23H21F2N3O3S/c1-14(17-8-3-4-9-18(17)24)21-19(25)10-11-20-22(21)27-23(28-32(20,29)30)26-13-15-6-5-7-16(12-15)31-2/h3-12,14H,13H2,1-2H3,(H2,26,27,28). The number of benzene rings is 3. The average Bonchev–Trinajstić information content (AvgIpc) is 2.77. The minimum absolute atomic E-state index is 0.0453. The summed E-state index contributed by atoms with van der Waals surface area (Å²) < 4.78 is 62.5. The number of fused-ring (bicyclic) bond motifs is 1. The highest BCUT2D eigenvalue weighted by atomic mass is 32.2. The Morgan fingerprint density at radius 1 is 1.03 bits per heavy atom. The van der Waals surface area contributed by atoms with Gasteiger partial charge in [0.1, 0.15) is 22.3 Å². The number of halogens is 2. The number of hydrogen-bond donors (Lipinski definition) is 2. The molecule has 1 heterocycles. The normalized spacial score (nSPS) is 16.6. The molecule has 6 nitrogen and oxygen atoms in total. The molecule has 0 amide bonds. The van der Waals surface area contributed by atoms with Crippen molar-refractivity contribution >= 4 is 21.7 Å². The molecular weight excluding hydrogens is 436 g/mol. The van der Waals surface area contributed by atoms with Crippen LogP contribution in [0.15, 0.2) is 70.6 Å². The van der Waals surface area contributed by atoms with Crippen LogP contribution in [0, 0.1) is 11.6 Å². The molecule has 1 atom stereocenters. The first-order chi connectivity index (χ1) is 15.3. The molecule has 0 radical (unpaired) electrons. The third kappa shape index (κ3) is 4.16. The highest BCUT2D eigenvalue weighted by Crippen LogP contribution is 2.38. The van der Waals surface area contributed by atoms with E-state index in [4.69, 9.17) is 4.74 Å². The summed E-state index contributed by atoms with van der Waals surface area (Å²) in [6.07, 6.45) is 0. The lowest BCUT2D eigenvalue weighted by molar-refractivity contribution is 0.414. The van der Waals surface area contributed by atoms with Gasteiger partial charge in [-0.2, -0.15) is 0 Å². The number of hydrogen-bond acceptors (Lipinski definition) is 4. The summed E-state index contributed by atoms with van der Waals surface area (Å²) in [7, 11) is -2.45. The molecule has 0 aromatic heterocycles. The van der Waals surface area contributed by atoms with Crippen molar-refractivity contribution in [2.24, 2.45) is 4.99 Å². The zero-order valence-electron chi connectivity index (χ0n) is 17.4. The topological polar surface area (TPSA) is 79.8 Å². The Balaban J connectivity index is 1.75. The predicted molar refractivity (Wildman–Crippen MR) is 118 cm³/mol. The Bertz CT molecular complexity index is 1310. The monoisotopic (exact) mass is 457 g/mol. The first-order valence-electron chi connectivity index (χ1n) is 9.84. The SMILES string of the molecule is COc1cccc(CN=C2Nc3c(ccc(F)c3C(C)c3ccccc3F)S(=O)(=O)N2)c1. The van der Waals surface area contributed by atoms with E-state index < -0.39 is 27.6 Å². The number of nitrogens with zero attached hydrogens (tertiary/aromatic N) is 1. The molecule has 3 aromatic carbocycles. The Hall–Kier alpha value is -3.46. The molecular formula is C23H21F2N3O3S. The van der Waals surface area contributed by atoms with E-state index in [9.17, 15) is 17.2 Å². The molecule has 1 unspecified atom stereocenters. The fourth-order valence-corrected chi connectivity index (χ4v) is 4.83. The second-order valence-corrected chi connectivity index (χ2v) is 8.98. The number of methoxy groups -OCH3 is 1. The van der Waals surface area contributed by atoms with E-state index in [0.29, 0.717) is 5.75 Å². The van der Waals surface area contributed by atoms with E-state index in [2.05, 4.69) is 15.0 Å². The van der Waals surface area contributed by atoms with Crippen LogP contribution in [0.1, 0.15) is 29.5 Å². The van der Waals surface area contributed by atoms with Crippen molar-refractivity contribution in [1.82, 2.24) is 4.72 Å². The average molecular weight is 458 g/mol. The summed E-state index contributed by atoms with van der Waals surface area (Å²) in [5, 5.41) is 2.90. The molecule has 4 rings (SSSR count). The Labute approximate surface area is 185 Å². The Morgan fingerprint density at radius 2 is 1.81 bits per heavy atom. The van der Waals surface area contributed by atoms with Gasteiger partial charge in [-0.1, -0.05) is 37.3 Å². The molecule has 9 heteroatoms. The van der Waals surface area contributed by atoms with Gasteiger partial charge in [0.05, 0.1) is 19.3 Å². The minimum atomic E-state index is -4.00. The van der Waals surface area contributed by atoms with Crippen molar-refractivity contribution in [3.63, 3.8) is 0 Å². The number of ether oxygens (including phenoxy) is 1. The van der Waals surface area contributed by atoms with Crippen molar-refractivity contribution < 1.29 is 21.9 Å². The summed E-state index contributed by atoms with van der Waals surface area (Å²) in [5.74, 6) is -1.29. The van der Waals surface area contributed by atoms with Crippen LogP contribution in [0.3, 0.4) is 0 Å². The molecule has 32 heavy (non-hydrogen) atoms. The van der Waals surface area contributed by atoms with E-state index in [1.807, 2.05) is 6.07 Å². The largest absolute Gasteiger partial charge is 0.497 e. The van der Waals surface area contributed by atoms with Gasteiger partial charge in [0.15, 0.2) is 0 Å². The zero-order chi connectivity index (χ0) is 22.9. The molecule has 1 aliphatic heterocycles. The van der Waals surface area contributed by atoms with E-state index in [0.717, 1.165) is 11.6 Å². The van der Waals surface area contributed by atoms with Crippen LogP contribution in [-0.4, -0.2) is 21.5 Å². The summed E-state index contributed by atoms with van der Waals surface area (Å²) in [6, 6.07) is 15.5. The van der Waals surface area contributed by atoms with Crippen LogP contribution in [0.4, 0.5) is 14.5 Å². The van der Waals surface area contributed by atoms with Gasteiger partial charge in [-0.3, -0.25) is 0 Å². The molecule has 166 valence electrons. The van der Waals surface area contributed by atoms with Gasteiger partial charge in [0, 0.05) is 11.5 Å². The van der Waals surface area contributed by atoms with Crippen molar-refractivity contribution in [1.29, 1.82) is 0 Å². The quantitative estimate of drug-likeness (QED) is 0.596. The number of nitrogens with one attached hydrogen (secondary N) is 2. The van der Waals surface area contributed by atoms with Crippen LogP contribution >= 0.6 is 0 Å². The van der Waals surface area contributed by atoms with Crippen LogP contribution < -0.4 is 14.8 Å². The summed E-state index contributed by atoms with van der Waals surface area (Å²) in [5.41, 5.74) is 1.14. The van der Waals surface area contributed by atoms with E-state index in [1.165, 1.54) is 12.1 Å². The number of rotatable bonds is 5. The number of guanidine groups is 1. The Kier molecular flexibility index (Phi) is 5.84. The van der Waals surface area contributed by atoms with Gasteiger partial charge in [0.2, 0.25) is 5.96 Å². The second-order valence-electron chi connectivity index (χ2n) is 7.32. The molecule has 0 fully saturated rings. The fourth-order valence-electron chi connectivity index (χ4n) is 3.67. The molecule has 0 saturated heterocycles. The third-order valence-corrected chi connectivity index (χ3v) is 6.66. The smallest absolute Gasteiger partial charge is 0.266 e. The van der Waals surface area contributed by atoms with Crippen LogP contribution in [0.5, 0.6) is 5.75 Å². The fraction of sp³-hybridized carbons (Fsp3) is 0.174. The minimum Gasteiger partial charge on any atom is -0.497 e. The summed E-state index contributed by atoms with van der Waals surface area (Å²) in [6.45, 7) is 1.78. The van der Waals surface area contributed by atoms with Gasteiger partial charge in [-0.15, -0.1) is 0 Å². The number of sulfonamides is 1. The van der Waals surface area contributed by atoms with Crippen LogP contribution in [0.2, 0.25) is 0 Å². The molecule has 1 aliphatic rings. The number of aliphatic imine (C=N–C) groups is 1. The highest BCUT2D eigenvalue weighted by Gasteiger charge is 2.32. The summed E-state index contributed by atoms with van der Waals surface area (Å²) >= 11 is 0. The van der Waals surface area contributed by atoms with Gasteiger partial charge in [-0.05, 0) is 41.5 Å². The van der Waals surface area contributed by atoms with Gasteiger partial charge in [0.25, 0.3) is 10.0 Å². The lowest BCUT2D eigenvalue weighted by Gasteiger charge is -2.26. The van der Waals surface area contributed by atoms with Crippen molar-refractivity contribution in [3.8, 4) is 5.75 Å².